The maximum atomic E-state index is 11.2. The molecule has 0 bridgehead atoms. The highest BCUT2D eigenvalue weighted by atomic mass is 79.9. The van der Waals surface area contributed by atoms with E-state index in [1.807, 2.05) is 0 Å². The number of benzene rings is 2. The monoisotopic (exact) mass is 344 g/mol. The molecule has 0 aliphatic heterocycles. The van der Waals surface area contributed by atoms with Gasteiger partial charge in [0.1, 0.15) is 0 Å². The molecule has 18 heavy (non-hydrogen) atoms. The second-order valence-corrected chi connectivity index (χ2v) is 5.38. The Morgan fingerprint density at radius 1 is 1.06 bits per heavy atom. The Bertz CT molecular complexity index is 626. The van der Waals surface area contributed by atoms with E-state index in [2.05, 4.69) is 15.9 Å². The average molecular weight is 346 g/mol. The van der Waals surface area contributed by atoms with Crippen molar-refractivity contribution in [2.75, 3.05) is 0 Å². The first-order chi connectivity index (χ1) is 8.49. The summed E-state index contributed by atoms with van der Waals surface area (Å²) in [7, 11) is 0. The van der Waals surface area contributed by atoms with Crippen molar-refractivity contribution >= 4 is 45.1 Å². The lowest BCUT2D eigenvalue weighted by Crippen LogP contribution is -1.99. The smallest absolute Gasteiger partial charge is 0.336 e. The number of hydrogen-bond acceptors (Lipinski definition) is 1. The van der Waals surface area contributed by atoms with Crippen LogP contribution in [0.2, 0.25) is 10.0 Å². The van der Waals surface area contributed by atoms with E-state index in [1.165, 1.54) is 0 Å². The van der Waals surface area contributed by atoms with Crippen LogP contribution in [0, 0.1) is 0 Å². The molecular weight excluding hydrogens is 339 g/mol. The number of carboxylic acid groups (broad SMARTS) is 1. The van der Waals surface area contributed by atoms with Crippen molar-refractivity contribution in [3.8, 4) is 11.1 Å². The first-order valence-corrected chi connectivity index (χ1v) is 6.52. The second kappa shape index (κ2) is 5.31. The minimum Gasteiger partial charge on any atom is -0.478 e. The summed E-state index contributed by atoms with van der Waals surface area (Å²) in [4.78, 5) is 11.2. The fraction of sp³-hybridized carbons (Fsp3) is 0. The zero-order valence-electron chi connectivity index (χ0n) is 8.95. The molecular formula is C13H7BrCl2O2. The molecule has 2 aromatic carbocycles. The summed E-state index contributed by atoms with van der Waals surface area (Å²) in [5.74, 6) is -1.00. The Morgan fingerprint density at radius 2 is 1.72 bits per heavy atom. The predicted octanol–water partition coefficient (Wildman–Crippen LogP) is 5.12. The van der Waals surface area contributed by atoms with E-state index in [0.717, 1.165) is 0 Å². The third kappa shape index (κ3) is 2.69. The van der Waals surface area contributed by atoms with Crippen molar-refractivity contribution in [3.05, 3.63) is 56.5 Å². The van der Waals surface area contributed by atoms with Gasteiger partial charge in [0.25, 0.3) is 0 Å². The van der Waals surface area contributed by atoms with E-state index in [-0.39, 0.29) is 5.56 Å². The van der Waals surface area contributed by atoms with Crippen molar-refractivity contribution in [2.24, 2.45) is 0 Å². The molecule has 0 saturated carbocycles. The SMILES string of the molecule is O=C(O)c1cc(Br)ccc1-c1ccc(Cl)cc1Cl. The Balaban J connectivity index is 2.67. The Labute approximate surface area is 122 Å². The van der Waals surface area contributed by atoms with Gasteiger partial charge in [0.15, 0.2) is 0 Å². The molecule has 2 nitrogen and oxygen atoms in total. The van der Waals surface area contributed by atoms with Gasteiger partial charge in [-0.05, 0) is 29.8 Å². The second-order valence-electron chi connectivity index (χ2n) is 3.62. The van der Waals surface area contributed by atoms with Gasteiger partial charge in [0, 0.05) is 20.1 Å². The molecule has 0 fully saturated rings. The van der Waals surface area contributed by atoms with E-state index < -0.39 is 5.97 Å². The Kier molecular flexibility index (Phi) is 3.95. The topological polar surface area (TPSA) is 37.3 Å². The lowest BCUT2D eigenvalue weighted by molar-refractivity contribution is 0.0697. The van der Waals surface area contributed by atoms with Crippen LogP contribution in [0.4, 0.5) is 0 Å². The van der Waals surface area contributed by atoms with Crippen molar-refractivity contribution in [2.45, 2.75) is 0 Å². The number of halogens is 3. The fourth-order valence-electron chi connectivity index (χ4n) is 1.64. The van der Waals surface area contributed by atoms with Gasteiger partial charge in [-0.3, -0.25) is 0 Å². The standard InChI is InChI=1S/C13H7BrCl2O2/c14-7-1-3-9(11(5-7)13(17)18)10-4-2-8(15)6-12(10)16/h1-6H,(H,17,18). The number of carboxylic acids is 1. The molecule has 0 radical (unpaired) electrons. The van der Waals surface area contributed by atoms with Crippen LogP contribution in [-0.2, 0) is 0 Å². The van der Waals surface area contributed by atoms with Crippen molar-refractivity contribution in [3.63, 3.8) is 0 Å². The largest absolute Gasteiger partial charge is 0.478 e. The van der Waals surface area contributed by atoms with E-state index in [4.69, 9.17) is 23.2 Å². The normalized spacial score (nSPS) is 10.4. The van der Waals surface area contributed by atoms with Crippen LogP contribution in [0.25, 0.3) is 11.1 Å². The lowest BCUT2D eigenvalue weighted by atomic mass is 10.00. The molecule has 0 aliphatic carbocycles. The summed E-state index contributed by atoms with van der Waals surface area (Å²) >= 11 is 15.2. The summed E-state index contributed by atoms with van der Waals surface area (Å²) in [6, 6.07) is 10.0. The first-order valence-electron chi connectivity index (χ1n) is 4.97. The fourth-order valence-corrected chi connectivity index (χ4v) is 2.51. The number of hydrogen-bond donors (Lipinski definition) is 1. The van der Waals surface area contributed by atoms with Gasteiger partial charge in [0.05, 0.1) is 5.56 Å². The molecule has 1 N–H and O–H groups in total. The molecule has 92 valence electrons. The minimum atomic E-state index is -1.00. The molecule has 0 spiro atoms. The third-order valence-corrected chi connectivity index (χ3v) is 3.47. The summed E-state index contributed by atoms with van der Waals surface area (Å²) in [5, 5.41) is 10.1. The summed E-state index contributed by atoms with van der Waals surface area (Å²) in [6.45, 7) is 0. The van der Waals surface area contributed by atoms with Gasteiger partial charge in [-0.2, -0.15) is 0 Å². The summed E-state index contributed by atoms with van der Waals surface area (Å²) in [6.07, 6.45) is 0. The molecule has 0 saturated heterocycles. The maximum absolute atomic E-state index is 11.2. The van der Waals surface area contributed by atoms with Gasteiger partial charge in [-0.15, -0.1) is 0 Å². The Hall–Kier alpha value is -1.03. The van der Waals surface area contributed by atoms with Crippen LogP contribution in [0.1, 0.15) is 10.4 Å². The predicted molar refractivity (Wildman–Crippen MR) is 76.6 cm³/mol. The van der Waals surface area contributed by atoms with Crippen LogP contribution in [-0.4, -0.2) is 11.1 Å². The molecule has 0 aromatic heterocycles. The minimum absolute atomic E-state index is 0.189. The van der Waals surface area contributed by atoms with Crippen LogP contribution in [0.15, 0.2) is 40.9 Å². The van der Waals surface area contributed by atoms with Crippen LogP contribution in [0.5, 0.6) is 0 Å². The van der Waals surface area contributed by atoms with Crippen molar-refractivity contribution in [1.29, 1.82) is 0 Å². The van der Waals surface area contributed by atoms with Gasteiger partial charge in [-0.25, -0.2) is 4.79 Å². The highest BCUT2D eigenvalue weighted by Crippen LogP contribution is 2.33. The zero-order chi connectivity index (χ0) is 13.3. The van der Waals surface area contributed by atoms with E-state index in [1.54, 1.807) is 36.4 Å². The molecule has 2 rings (SSSR count). The van der Waals surface area contributed by atoms with Gasteiger partial charge in [0.2, 0.25) is 0 Å². The Morgan fingerprint density at radius 3 is 2.33 bits per heavy atom. The molecule has 0 atom stereocenters. The number of carbonyl (C=O) groups is 1. The van der Waals surface area contributed by atoms with Crippen LogP contribution >= 0.6 is 39.1 Å². The lowest BCUT2D eigenvalue weighted by Gasteiger charge is -2.09. The van der Waals surface area contributed by atoms with Crippen molar-refractivity contribution in [1.82, 2.24) is 0 Å². The molecule has 5 heteroatoms. The van der Waals surface area contributed by atoms with Crippen LogP contribution in [0.3, 0.4) is 0 Å². The maximum Gasteiger partial charge on any atom is 0.336 e. The number of rotatable bonds is 2. The molecule has 0 aliphatic rings. The van der Waals surface area contributed by atoms with Crippen LogP contribution < -0.4 is 0 Å². The van der Waals surface area contributed by atoms with E-state index in [0.29, 0.717) is 25.6 Å². The molecule has 2 aromatic rings. The molecule has 0 amide bonds. The highest BCUT2D eigenvalue weighted by molar-refractivity contribution is 9.10. The van der Waals surface area contributed by atoms with E-state index in [9.17, 15) is 9.90 Å². The zero-order valence-corrected chi connectivity index (χ0v) is 12.1. The van der Waals surface area contributed by atoms with E-state index >= 15 is 0 Å². The summed E-state index contributed by atoms with van der Waals surface area (Å²) < 4.78 is 0.703. The highest BCUT2D eigenvalue weighted by Gasteiger charge is 2.14. The summed E-state index contributed by atoms with van der Waals surface area (Å²) in [5.41, 5.74) is 1.40. The van der Waals surface area contributed by atoms with Gasteiger partial charge >= 0.3 is 5.97 Å². The first kappa shape index (κ1) is 13.4. The molecule has 0 unspecified atom stereocenters. The van der Waals surface area contributed by atoms with Gasteiger partial charge < -0.3 is 5.11 Å². The quantitative estimate of drug-likeness (QED) is 0.820. The average Bonchev–Trinajstić information content (AvgIpc) is 2.29. The van der Waals surface area contributed by atoms with Gasteiger partial charge in [-0.1, -0.05) is 51.3 Å². The van der Waals surface area contributed by atoms with Crippen molar-refractivity contribution < 1.29 is 9.90 Å². The number of aromatic carboxylic acids is 1. The third-order valence-electron chi connectivity index (χ3n) is 2.43. The molecule has 0 heterocycles.